The number of carbonyl (C=O) groups is 2. The van der Waals surface area contributed by atoms with Crippen LogP contribution < -0.4 is 15.5 Å². The maximum Gasteiger partial charge on any atom is 0.416 e. The first-order valence-corrected chi connectivity index (χ1v) is 9.86. The number of carbonyl (C=O) groups excluding carboxylic acids is 2. The average Bonchev–Trinajstić information content (AvgIpc) is 3.16. The molecule has 2 aromatic carbocycles. The third kappa shape index (κ3) is 4.88. The summed E-state index contributed by atoms with van der Waals surface area (Å²) in [4.78, 5) is 30.5. The predicted molar refractivity (Wildman–Crippen MR) is 114 cm³/mol. The Morgan fingerprint density at radius 2 is 1.72 bits per heavy atom. The molecule has 1 aromatic heterocycles. The van der Waals surface area contributed by atoms with Crippen molar-refractivity contribution >= 4 is 29.1 Å². The van der Waals surface area contributed by atoms with Crippen LogP contribution in [0.15, 0.2) is 72.9 Å². The molecule has 1 atom stereocenters. The van der Waals surface area contributed by atoms with Crippen molar-refractivity contribution in [3.63, 3.8) is 0 Å². The SMILES string of the molecule is O=C(Nc1ccc(C(F)(F)F)cc1)Nc1cc(N2C[C@@H](c3ccccc3)CC2=O)ccn1. The number of alkyl halides is 3. The molecule has 32 heavy (non-hydrogen) atoms. The Bertz CT molecular complexity index is 1120. The van der Waals surface area contributed by atoms with Gasteiger partial charge < -0.3 is 10.2 Å². The second-order valence-corrected chi connectivity index (χ2v) is 7.37. The molecule has 1 aliphatic heterocycles. The fraction of sp³-hybridized carbons (Fsp3) is 0.174. The molecule has 1 aliphatic rings. The summed E-state index contributed by atoms with van der Waals surface area (Å²) in [6.45, 7) is 0.518. The van der Waals surface area contributed by atoms with E-state index >= 15 is 0 Å². The lowest BCUT2D eigenvalue weighted by Gasteiger charge is -2.18. The van der Waals surface area contributed by atoms with Crippen molar-refractivity contribution in [2.24, 2.45) is 0 Å². The van der Waals surface area contributed by atoms with E-state index in [0.29, 0.717) is 18.7 Å². The third-order valence-electron chi connectivity index (χ3n) is 5.16. The first-order chi connectivity index (χ1) is 15.3. The van der Waals surface area contributed by atoms with Gasteiger partial charge in [-0.1, -0.05) is 30.3 Å². The van der Waals surface area contributed by atoms with Crippen molar-refractivity contribution in [2.45, 2.75) is 18.5 Å². The van der Waals surface area contributed by atoms with Crippen LogP contribution in [0.1, 0.15) is 23.5 Å². The molecule has 3 amide bonds. The van der Waals surface area contributed by atoms with E-state index in [9.17, 15) is 22.8 Å². The minimum atomic E-state index is -4.45. The Kier molecular flexibility index (Phi) is 5.81. The van der Waals surface area contributed by atoms with Crippen molar-refractivity contribution in [3.8, 4) is 0 Å². The van der Waals surface area contributed by atoms with Crippen molar-refractivity contribution < 1.29 is 22.8 Å². The largest absolute Gasteiger partial charge is 0.416 e. The standard InChI is InChI=1S/C23H19F3N4O2/c24-23(25,26)17-6-8-18(9-7-17)28-22(32)29-20-13-19(10-11-27-20)30-14-16(12-21(30)31)15-4-2-1-3-5-15/h1-11,13,16H,12,14H2,(H2,27,28,29,32)/t16-/m0/s1. The minimum Gasteiger partial charge on any atom is -0.312 e. The number of rotatable bonds is 4. The Morgan fingerprint density at radius 1 is 1.00 bits per heavy atom. The number of aromatic nitrogens is 1. The number of urea groups is 1. The van der Waals surface area contributed by atoms with Crippen molar-refractivity contribution in [1.29, 1.82) is 0 Å². The first kappa shape index (κ1) is 21.4. The van der Waals surface area contributed by atoms with Gasteiger partial charge in [0.15, 0.2) is 0 Å². The van der Waals surface area contributed by atoms with Gasteiger partial charge in [0, 0.05) is 42.5 Å². The molecule has 1 saturated heterocycles. The lowest BCUT2D eigenvalue weighted by molar-refractivity contribution is -0.137. The highest BCUT2D eigenvalue weighted by Gasteiger charge is 2.32. The van der Waals surface area contributed by atoms with Crippen LogP contribution >= 0.6 is 0 Å². The molecule has 1 fully saturated rings. The number of hydrogen-bond acceptors (Lipinski definition) is 3. The summed E-state index contributed by atoms with van der Waals surface area (Å²) < 4.78 is 37.9. The summed E-state index contributed by atoms with van der Waals surface area (Å²) in [6, 6.07) is 16.5. The summed E-state index contributed by atoms with van der Waals surface area (Å²) in [5.41, 5.74) is 1.09. The summed E-state index contributed by atoms with van der Waals surface area (Å²) in [5, 5.41) is 4.99. The molecule has 164 valence electrons. The maximum atomic E-state index is 12.6. The molecule has 2 N–H and O–H groups in total. The van der Waals surface area contributed by atoms with Crippen LogP contribution in [0.5, 0.6) is 0 Å². The average molecular weight is 440 g/mol. The van der Waals surface area contributed by atoms with Crippen LogP contribution in [-0.2, 0) is 11.0 Å². The van der Waals surface area contributed by atoms with Crippen LogP contribution in [0.3, 0.4) is 0 Å². The van der Waals surface area contributed by atoms with E-state index in [1.165, 1.54) is 18.3 Å². The number of nitrogens with zero attached hydrogens (tertiary/aromatic N) is 2. The molecule has 4 rings (SSSR count). The number of pyridine rings is 1. The number of benzene rings is 2. The fourth-order valence-electron chi connectivity index (χ4n) is 3.58. The van der Waals surface area contributed by atoms with E-state index in [0.717, 1.165) is 17.7 Å². The van der Waals surface area contributed by atoms with Gasteiger partial charge in [0.25, 0.3) is 0 Å². The molecule has 0 saturated carbocycles. The Labute approximate surface area is 182 Å². The third-order valence-corrected chi connectivity index (χ3v) is 5.16. The van der Waals surface area contributed by atoms with Crippen molar-refractivity contribution in [3.05, 3.63) is 84.1 Å². The first-order valence-electron chi connectivity index (χ1n) is 9.86. The second-order valence-electron chi connectivity index (χ2n) is 7.37. The van der Waals surface area contributed by atoms with Crippen LogP contribution in [0.4, 0.5) is 35.2 Å². The van der Waals surface area contributed by atoms with Gasteiger partial charge in [-0.25, -0.2) is 9.78 Å². The zero-order valence-corrected chi connectivity index (χ0v) is 16.8. The topological polar surface area (TPSA) is 74.3 Å². The molecule has 0 bridgehead atoms. The van der Waals surface area contributed by atoms with Gasteiger partial charge in [-0.15, -0.1) is 0 Å². The Balaban J connectivity index is 1.41. The van der Waals surface area contributed by atoms with E-state index in [1.807, 2.05) is 30.3 Å². The lowest BCUT2D eigenvalue weighted by atomic mass is 9.99. The Hall–Kier alpha value is -3.88. The summed E-state index contributed by atoms with van der Waals surface area (Å²) in [7, 11) is 0. The van der Waals surface area contributed by atoms with Gasteiger partial charge in [-0.05, 0) is 35.9 Å². The summed E-state index contributed by atoms with van der Waals surface area (Å²) in [5.74, 6) is 0.268. The number of amides is 3. The zero-order chi connectivity index (χ0) is 22.7. The van der Waals surface area contributed by atoms with Gasteiger partial charge in [0.2, 0.25) is 5.91 Å². The maximum absolute atomic E-state index is 12.6. The molecule has 0 unspecified atom stereocenters. The highest BCUT2D eigenvalue weighted by atomic mass is 19.4. The van der Waals surface area contributed by atoms with Crippen molar-refractivity contribution in [1.82, 2.24) is 4.98 Å². The summed E-state index contributed by atoms with van der Waals surface area (Å²) >= 11 is 0. The smallest absolute Gasteiger partial charge is 0.312 e. The molecule has 0 spiro atoms. The monoisotopic (exact) mass is 440 g/mol. The molecular formula is C23H19F3N4O2. The molecule has 0 aliphatic carbocycles. The Morgan fingerprint density at radius 3 is 2.41 bits per heavy atom. The molecular weight excluding hydrogens is 421 g/mol. The van der Waals surface area contributed by atoms with Gasteiger partial charge in [0.05, 0.1) is 5.56 Å². The highest BCUT2D eigenvalue weighted by molar-refractivity contribution is 6.00. The van der Waals surface area contributed by atoms with E-state index in [1.54, 1.807) is 17.0 Å². The number of nitrogens with one attached hydrogen (secondary N) is 2. The van der Waals surface area contributed by atoms with Crippen LogP contribution in [0.25, 0.3) is 0 Å². The minimum absolute atomic E-state index is 0.0230. The molecule has 6 nitrogen and oxygen atoms in total. The molecule has 3 aromatic rings. The van der Waals surface area contributed by atoms with Gasteiger partial charge >= 0.3 is 12.2 Å². The second kappa shape index (κ2) is 8.70. The van der Waals surface area contributed by atoms with Crippen LogP contribution in [-0.4, -0.2) is 23.5 Å². The summed E-state index contributed by atoms with van der Waals surface area (Å²) in [6.07, 6.45) is -2.58. The van der Waals surface area contributed by atoms with Crippen LogP contribution in [0, 0.1) is 0 Å². The van der Waals surface area contributed by atoms with Crippen LogP contribution in [0.2, 0.25) is 0 Å². The lowest BCUT2D eigenvalue weighted by Crippen LogP contribution is -2.25. The van der Waals surface area contributed by atoms with E-state index in [-0.39, 0.29) is 23.3 Å². The number of anilines is 3. The van der Waals surface area contributed by atoms with Gasteiger partial charge in [-0.2, -0.15) is 13.2 Å². The normalized spacial score (nSPS) is 16.2. The zero-order valence-electron chi connectivity index (χ0n) is 16.8. The fourth-order valence-corrected chi connectivity index (χ4v) is 3.58. The van der Waals surface area contributed by atoms with E-state index in [2.05, 4.69) is 15.6 Å². The molecule has 2 heterocycles. The van der Waals surface area contributed by atoms with Gasteiger partial charge in [-0.3, -0.25) is 10.1 Å². The van der Waals surface area contributed by atoms with Crippen molar-refractivity contribution in [2.75, 3.05) is 22.1 Å². The quantitative estimate of drug-likeness (QED) is 0.581. The molecule has 0 radical (unpaired) electrons. The highest BCUT2D eigenvalue weighted by Crippen LogP contribution is 2.32. The molecule has 9 heteroatoms. The van der Waals surface area contributed by atoms with E-state index < -0.39 is 17.8 Å². The van der Waals surface area contributed by atoms with E-state index in [4.69, 9.17) is 0 Å². The predicted octanol–water partition coefficient (Wildman–Crippen LogP) is 5.26. The van der Waals surface area contributed by atoms with Gasteiger partial charge in [0.1, 0.15) is 5.82 Å². The number of halogens is 3. The number of hydrogen-bond donors (Lipinski definition) is 2.